The van der Waals surface area contributed by atoms with Gasteiger partial charge in [0.1, 0.15) is 0 Å². The lowest BCUT2D eigenvalue weighted by atomic mass is 9.91. The van der Waals surface area contributed by atoms with Crippen molar-refractivity contribution in [3.8, 4) is 0 Å². The van der Waals surface area contributed by atoms with Gasteiger partial charge in [0.2, 0.25) is 0 Å². The summed E-state index contributed by atoms with van der Waals surface area (Å²) in [6, 6.07) is 14.9. The van der Waals surface area contributed by atoms with Crippen molar-refractivity contribution < 1.29 is 4.79 Å². The Kier molecular flexibility index (Phi) is 6.53. The molecule has 0 bridgehead atoms. The van der Waals surface area contributed by atoms with Crippen LogP contribution in [0.3, 0.4) is 0 Å². The number of anilines is 1. The quantitative estimate of drug-likeness (QED) is 0.536. The molecule has 5 rings (SSSR count). The standard InChI is InChI=1S/C29H33N5O/c1-31-18-23(17-30)21-12-10-20(11-13-21)15-22-16-26-28(27-25(22)9-6-14-32-27)33(2)19-34(29(26)35)24-7-4-3-5-8-24/h6,9-14,16-18,24H,3-5,7-8,15,19,30H2,1-2H3. The van der Waals surface area contributed by atoms with Gasteiger partial charge >= 0.3 is 0 Å². The van der Waals surface area contributed by atoms with Crippen molar-refractivity contribution in [2.24, 2.45) is 10.7 Å². The first-order valence-electron chi connectivity index (χ1n) is 12.5. The molecule has 180 valence electrons. The van der Waals surface area contributed by atoms with Crippen molar-refractivity contribution in [2.75, 3.05) is 25.7 Å². The highest BCUT2D eigenvalue weighted by Gasteiger charge is 2.35. The Morgan fingerprint density at radius 2 is 1.94 bits per heavy atom. The lowest BCUT2D eigenvalue weighted by Gasteiger charge is -2.42. The zero-order valence-corrected chi connectivity index (χ0v) is 20.6. The van der Waals surface area contributed by atoms with Crippen LogP contribution in [0.2, 0.25) is 0 Å². The van der Waals surface area contributed by atoms with Crippen molar-refractivity contribution in [3.05, 3.63) is 77.1 Å². The highest BCUT2D eigenvalue weighted by Crippen LogP contribution is 2.38. The second-order valence-electron chi connectivity index (χ2n) is 9.62. The summed E-state index contributed by atoms with van der Waals surface area (Å²) in [6.45, 7) is 0.626. The maximum Gasteiger partial charge on any atom is 0.257 e. The maximum atomic E-state index is 13.8. The van der Waals surface area contributed by atoms with Gasteiger partial charge in [0.05, 0.1) is 23.4 Å². The highest BCUT2D eigenvalue weighted by atomic mass is 16.2. The van der Waals surface area contributed by atoms with E-state index < -0.39 is 0 Å². The number of nitrogens with zero attached hydrogens (tertiary/aromatic N) is 4. The number of hydrogen-bond donors (Lipinski definition) is 1. The lowest BCUT2D eigenvalue weighted by molar-refractivity contribution is 0.0620. The summed E-state index contributed by atoms with van der Waals surface area (Å²) in [6.07, 6.45) is 11.8. The van der Waals surface area contributed by atoms with Gasteiger partial charge in [0.15, 0.2) is 0 Å². The van der Waals surface area contributed by atoms with Crippen molar-refractivity contribution in [2.45, 2.75) is 44.6 Å². The minimum absolute atomic E-state index is 0.144. The second kappa shape index (κ2) is 9.90. The van der Waals surface area contributed by atoms with Crippen molar-refractivity contribution in [1.82, 2.24) is 9.88 Å². The van der Waals surface area contributed by atoms with Crippen LogP contribution in [0.25, 0.3) is 16.5 Å². The first-order valence-corrected chi connectivity index (χ1v) is 12.5. The number of hydrogen-bond acceptors (Lipinski definition) is 5. The Morgan fingerprint density at radius 3 is 2.66 bits per heavy atom. The molecule has 3 aromatic rings. The smallest absolute Gasteiger partial charge is 0.257 e. The van der Waals surface area contributed by atoms with Crippen LogP contribution in [0.5, 0.6) is 0 Å². The van der Waals surface area contributed by atoms with E-state index in [9.17, 15) is 4.79 Å². The third-order valence-corrected chi connectivity index (χ3v) is 7.33. The van der Waals surface area contributed by atoms with E-state index in [1.807, 2.05) is 12.3 Å². The summed E-state index contributed by atoms with van der Waals surface area (Å²) in [5.41, 5.74) is 12.6. The van der Waals surface area contributed by atoms with Crippen LogP contribution in [-0.2, 0) is 6.42 Å². The number of rotatable bonds is 5. The predicted molar refractivity (Wildman–Crippen MR) is 144 cm³/mol. The van der Waals surface area contributed by atoms with Crippen LogP contribution in [-0.4, -0.2) is 48.8 Å². The first-order chi connectivity index (χ1) is 17.1. The van der Waals surface area contributed by atoms with Gasteiger partial charge in [-0.2, -0.15) is 0 Å². The molecule has 35 heavy (non-hydrogen) atoms. The number of carbonyl (C=O) groups excluding carboxylic acids is 1. The number of pyridine rings is 1. The van der Waals surface area contributed by atoms with Crippen molar-refractivity contribution in [1.29, 1.82) is 0 Å². The molecule has 2 aromatic carbocycles. The number of allylic oxidation sites excluding steroid dienone is 1. The van der Waals surface area contributed by atoms with Crippen molar-refractivity contribution in [3.63, 3.8) is 0 Å². The molecule has 0 unspecified atom stereocenters. The molecule has 2 heterocycles. The minimum atomic E-state index is 0.144. The first kappa shape index (κ1) is 23.1. The Balaban J connectivity index is 1.53. The van der Waals surface area contributed by atoms with Gasteiger partial charge < -0.3 is 15.5 Å². The molecular weight excluding hydrogens is 434 g/mol. The molecular formula is C29H33N5O. The molecule has 1 saturated carbocycles. The Hall–Kier alpha value is -3.67. The topological polar surface area (TPSA) is 74.8 Å². The van der Waals surface area contributed by atoms with Crippen LogP contribution in [0, 0.1) is 0 Å². The fourth-order valence-corrected chi connectivity index (χ4v) is 5.58. The summed E-state index contributed by atoms with van der Waals surface area (Å²) in [7, 11) is 3.82. The number of amides is 1. The third-order valence-electron chi connectivity index (χ3n) is 7.33. The molecule has 1 amide bonds. The van der Waals surface area contributed by atoms with E-state index in [0.717, 1.165) is 58.1 Å². The molecule has 0 saturated heterocycles. The normalized spacial score (nSPS) is 17.4. The maximum absolute atomic E-state index is 13.8. The summed E-state index contributed by atoms with van der Waals surface area (Å²) in [5, 5.41) is 1.10. The summed E-state index contributed by atoms with van der Waals surface area (Å²) in [4.78, 5) is 26.9. The van der Waals surface area contributed by atoms with Gasteiger partial charge in [-0.15, -0.1) is 0 Å². The lowest BCUT2D eigenvalue weighted by Crippen LogP contribution is -2.50. The van der Waals surface area contributed by atoms with Gasteiger partial charge in [-0.25, -0.2) is 0 Å². The third kappa shape index (κ3) is 4.41. The van der Waals surface area contributed by atoms with Crippen LogP contribution >= 0.6 is 0 Å². The SMILES string of the molecule is CN=CC(=CN)c1ccc(Cc2cc3c(c4ncccc24)N(C)CN(C2CCCCC2)C3=O)cc1. The molecule has 2 aliphatic rings. The van der Waals surface area contributed by atoms with E-state index in [0.29, 0.717) is 12.7 Å². The van der Waals surface area contributed by atoms with Crippen LogP contribution in [0.1, 0.15) is 59.2 Å². The Bertz CT molecular complexity index is 1290. The molecule has 6 heteroatoms. The fraction of sp³-hybridized carbons (Fsp3) is 0.345. The Morgan fingerprint density at radius 1 is 1.17 bits per heavy atom. The number of carbonyl (C=O) groups is 1. The van der Waals surface area contributed by atoms with Crippen molar-refractivity contribution >= 4 is 34.3 Å². The molecule has 2 N–H and O–H groups in total. The number of aromatic nitrogens is 1. The van der Waals surface area contributed by atoms with Gasteiger partial charge in [-0.05, 0) is 48.1 Å². The van der Waals surface area contributed by atoms with E-state index in [1.54, 1.807) is 19.5 Å². The number of fused-ring (bicyclic) bond motifs is 3. The van der Waals surface area contributed by atoms with E-state index >= 15 is 0 Å². The van der Waals surface area contributed by atoms with Crippen LogP contribution in [0.15, 0.2) is 59.9 Å². The highest BCUT2D eigenvalue weighted by molar-refractivity contribution is 6.10. The molecule has 1 aliphatic heterocycles. The van der Waals surface area contributed by atoms with Gasteiger partial charge in [0, 0.05) is 49.7 Å². The molecule has 0 radical (unpaired) electrons. The van der Waals surface area contributed by atoms with E-state index in [-0.39, 0.29) is 5.91 Å². The zero-order valence-electron chi connectivity index (χ0n) is 20.6. The largest absolute Gasteiger partial charge is 0.404 e. The van der Waals surface area contributed by atoms with Gasteiger partial charge in [-0.1, -0.05) is 49.6 Å². The van der Waals surface area contributed by atoms with E-state index in [4.69, 9.17) is 10.7 Å². The second-order valence-corrected chi connectivity index (χ2v) is 9.62. The number of aliphatic imine (C=N–C) groups is 1. The molecule has 1 fully saturated rings. The number of benzene rings is 2. The molecule has 1 aromatic heterocycles. The summed E-state index contributed by atoms with van der Waals surface area (Å²) in [5.74, 6) is 0.144. The van der Waals surface area contributed by atoms with E-state index in [2.05, 4.69) is 58.2 Å². The summed E-state index contributed by atoms with van der Waals surface area (Å²) >= 11 is 0. The van der Waals surface area contributed by atoms with Crippen LogP contribution < -0.4 is 10.6 Å². The predicted octanol–water partition coefficient (Wildman–Crippen LogP) is 5.01. The van der Waals surface area contributed by atoms with Gasteiger partial charge in [-0.3, -0.25) is 14.8 Å². The molecule has 6 nitrogen and oxygen atoms in total. The Labute approximate surface area is 207 Å². The molecule has 0 atom stereocenters. The number of nitrogens with two attached hydrogens (primary N) is 1. The monoisotopic (exact) mass is 467 g/mol. The van der Waals surface area contributed by atoms with Gasteiger partial charge in [0.25, 0.3) is 5.91 Å². The molecule has 0 spiro atoms. The zero-order chi connectivity index (χ0) is 24.4. The average molecular weight is 468 g/mol. The van der Waals surface area contributed by atoms with E-state index in [1.165, 1.54) is 24.8 Å². The average Bonchev–Trinajstić information content (AvgIpc) is 2.90. The minimum Gasteiger partial charge on any atom is -0.404 e. The summed E-state index contributed by atoms with van der Waals surface area (Å²) < 4.78 is 0. The fourth-order valence-electron chi connectivity index (χ4n) is 5.58. The van der Waals surface area contributed by atoms with Crippen LogP contribution in [0.4, 0.5) is 5.69 Å². The molecule has 1 aliphatic carbocycles.